The molecule has 0 heterocycles. The van der Waals surface area contributed by atoms with Crippen LogP contribution in [-0.2, 0) is 28.8 Å². The molecular formula is C22H39ClN6O6. The third kappa shape index (κ3) is 14.9. The second-order valence-electron chi connectivity index (χ2n) is 8.00. The van der Waals surface area contributed by atoms with E-state index in [-0.39, 0.29) is 80.6 Å². The van der Waals surface area contributed by atoms with E-state index >= 15 is 0 Å². The highest BCUT2D eigenvalue weighted by atomic mass is 35.5. The van der Waals surface area contributed by atoms with Gasteiger partial charge in [-0.15, -0.1) is 11.6 Å². The molecule has 0 aromatic rings. The Morgan fingerprint density at radius 3 is 1.06 bits per heavy atom. The van der Waals surface area contributed by atoms with E-state index in [1.807, 2.05) is 0 Å². The first-order chi connectivity index (χ1) is 16.4. The molecular weight excluding hydrogens is 480 g/mol. The average molecular weight is 519 g/mol. The van der Waals surface area contributed by atoms with Crippen LogP contribution >= 0.6 is 11.6 Å². The van der Waals surface area contributed by atoms with Gasteiger partial charge in [0, 0.05) is 100 Å². The molecule has 13 heteroatoms. The van der Waals surface area contributed by atoms with Gasteiger partial charge < -0.3 is 30.2 Å². The summed E-state index contributed by atoms with van der Waals surface area (Å²) in [6, 6.07) is 0. The number of nitrogens with zero attached hydrogens (tertiary/aromatic N) is 4. The third-order valence-electron chi connectivity index (χ3n) is 5.23. The number of halogens is 1. The molecule has 0 bridgehead atoms. The van der Waals surface area contributed by atoms with Crippen molar-refractivity contribution in [3.63, 3.8) is 0 Å². The fourth-order valence-electron chi connectivity index (χ4n) is 3.18. The molecule has 0 aromatic heterocycles. The number of alkyl halides is 1. The maximum atomic E-state index is 12.4. The summed E-state index contributed by atoms with van der Waals surface area (Å²) in [7, 11) is 0. The summed E-state index contributed by atoms with van der Waals surface area (Å²) in [5.74, 6) is -1.55. The molecule has 0 aliphatic rings. The third-order valence-corrected chi connectivity index (χ3v) is 5.46. The van der Waals surface area contributed by atoms with Gasteiger partial charge in [-0.2, -0.15) is 0 Å². The molecule has 0 unspecified atom stereocenters. The first-order valence-electron chi connectivity index (χ1n) is 11.5. The van der Waals surface area contributed by atoms with E-state index in [1.165, 1.54) is 54.2 Å². The quantitative estimate of drug-likeness (QED) is 0.248. The molecule has 200 valence electrons. The summed E-state index contributed by atoms with van der Waals surface area (Å²) in [5, 5.41) is 5.26. The minimum Gasteiger partial charge on any atom is -0.355 e. The predicted octanol–water partition coefficient (Wildman–Crippen LogP) is -1.13. The van der Waals surface area contributed by atoms with Crippen molar-refractivity contribution in [3.05, 3.63) is 0 Å². The molecule has 0 saturated carbocycles. The Labute approximate surface area is 212 Å². The second kappa shape index (κ2) is 17.5. The van der Waals surface area contributed by atoms with Crippen LogP contribution in [0, 0.1) is 0 Å². The Morgan fingerprint density at radius 2 is 0.800 bits per heavy atom. The average Bonchev–Trinajstić information content (AvgIpc) is 2.76. The number of rotatable bonds is 16. The minimum atomic E-state index is -0.332. The minimum absolute atomic E-state index is 0.179. The summed E-state index contributed by atoms with van der Waals surface area (Å²) in [4.78, 5) is 76.5. The Balaban J connectivity index is 4.99. The zero-order valence-electron chi connectivity index (χ0n) is 21.4. The molecule has 0 aromatic carbocycles. The molecule has 0 aliphatic heterocycles. The highest BCUT2D eigenvalue weighted by Gasteiger charge is 2.19. The fraction of sp³-hybridized carbons (Fsp3) is 0.727. The molecule has 0 aliphatic carbocycles. The monoisotopic (exact) mass is 518 g/mol. The second-order valence-corrected chi connectivity index (χ2v) is 8.27. The van der Waals surface area contributed by atoms with Gasteiger partial charge >= 0.3 is 0 Å². The first kappa shape index (κ1) is 32.1. The van der Waals surface area contributed by atoms with Crippen molar-refractivity contribution in [2.45, 2.75) is 34.6 Å². The molecule has 2 N–H and O–H groups in total. The number of carbonyl (C=O) groups excluding carboxylic acids is 6. The van der Waals surface area contributed by atoms with Crippen molar-refractivity contribution in [3.8, 4) is 0 Å². The summed E-state index contributed by atoms with van der Waals surface area (Å²) >= 11 is 5.76. The van der Waals surface area contributed by atoms with Gasteiger partial charge in [0.15, 0.2) is 0 Å². The van der Waals surface area contributed by atoms with E-state index in [1.54, 1.807) is 0 Å². The van der Waals surface area contributed by atoms with Gasteiger partial charge in [0.1, 0.15) is 5.88 Å². The van der Waals surface area contributed by atoms with Crippen LogP contribution in [0.2, 0.25) is 0 Å². The number of carbonyl (C=O) groups is 6. The largest absolute Gasteiger partial charge is 0.355 e. The summed E-state index contributed by atoms with van der Waals surface area (Å²) in [5.41, 5.74) is 0. The maximum Gasteiger partial charge on any atom is 0.237 e. The van der Waals surface area contributed by atoms with Crippen LogP contribution < -0.4 is 10.6 Å². The lowest BCUT2D eigenvalue weighted by Crippen LogP contribution is -2.47. The Morgan fingerprint density at radius 1 is 0.514 bits per heavy atom. The van der Waals surface area contributed by atoms with E-state index in [2.05, 4.69) is 10.6 Å². The normalized spacial score (nSPS) is 10.2. The van der Waals surface area contributed by atoms with E-state index in [0.29, 0.717) is 26.2 Å². The van der Waals surface area contributed by atoms with E-state index in [0.717, 1.165) is 0 Å². The topological polar surface area (TPSA) is 139 Å². The standard InChI is InChI=1S/C22H39ClN6O6/c1-17(30)24-6-8-26(19(3)32)10-11-28(21(5)34)13-15-29(22(35)16-23)14-12-27(20(4)33)9-7-25-18(2)31/h6-16H2,1-5H3,(H,24,30)(H,25,31). The molecule has 6 amide bonds. The highest BCUT2D eigenvalue weighted by Crippen LogP contribution is 2.00. The van der Waals surface area contributed by atoms with Crippen molar-refractivity contribution < 1.29 is 28.8 Å². The van der Waals surface area contributed by atoms with E-state index in [4.69, 9.17) is 11.6 Å². The summed E-state index contributed by atoms with van der Waals surface area (Å²) in [6.45, 7) is 9.66. The molecule has 0 spiro atoms. The lowest BCUT2D eigenvalue weighted by molar-refractivity contribution is -0.135. The lowest BCUT2D eigenvalue weighted by atomic mass is 10.3. The maximum absolute atomic E-state index is 12.4. The molecule has 0 fully saturated rings. The van der Waals surface area contributed by atoms with Crippen molar-refractivity contribution >= 4 is 47.0 Å². The highest BCUT2D eigenvalue weighted by molar-refractivity contribution is 6.27. The zero-order chi connectivity index (χ0) is 27.0. The zero-order valence-corrected chi connectivity index (χ0v) is 22.2. The molecule has 35 heavy (non-hydrogen) atoms. The lowest BCUT2D eigenvalue weighted by Gasteiger charge is -2.30. The Kier molecular flexibility index (Phi) is 16.1. The Hall–Kier alpha value is -2.89. The number of hydrogen-bond donors (Lipinski definition) is 2. The van der Waals surface area contributed by atoms with E-state index < -0.39 is 0 Å². The predicted molar refractivity (Wildman–Crippen MR) is 131 cm³/mol. The van der Waals surface area contributed by atoms with Crippen molar-refractivity contribution in [1.82, 2.24) is 30.2 Å². The molecule has 0 radical (unpaired) electrons. The van der Waals surface area contributed by atoms with Gasteiger partial charge in [0.2, 0.25) is 35.4 Å². The number of hydrogen-bond acceptors (Lipinski definition) is 6. The van der Waals surface area contributed by atoms with Crippen LogP contribution in [0.4, 0.5) is 0 Å². The van der Waals surface area contributed by atoms with Crippen molar-refractivity contribution in [2.75, 3.05) is 71.3 Å². The fourth-order valence-corrected chi connectivity index (χ4v) is 3.35. The van der Waals surface area contributed by atoms with Crippen LogP contribution in [0.25, 0.3) is 0 Å². The molecule has 0 atom stereocenters. The van der Waals surface area contributed by atoms with Crippen LogP contribution in [0.3, 0.4) is 0 Å². The van der Waals surface area contributed by atoms with Crippen LogP contribution in [0.5, 0.6) is 0 Å². The Bertz CT molecular complexity index is 750. The molecule has 12 nitrogen and oxygen atoms in total. The van der Waals surface area contributed by atoms with Crippen LogP contribution in [0.15, 0.2) is 0 Å². The van der Waals surface area contributed by atoms with Crippen LogP contribution in [-0.4, -0.2) is 126 Å². The smallest absolute Gasteiger partial charge is 0.237 e. The SMILES string of the molecule is CC(=O)NCCN(CCN(CCN(CCN(CCNC(C)=O)C(C)=O)C(=O)CCl)C(C)=O)C(C)=O. The number of nitrogens with one attached hydrogen (secondary N) is 2. The molecule has 0 saturated heterocycles. The van der Waals surface area contributed by atoms with Gasteiger partial charge in [0.05, 0.1) is 0 Å². The first-order valence-corrected chi connectivity index (χ1v) is 12.0. The van der Waals surface area contributed by atoms with Gasteiger partial charge in [-0.25, -0.2) is 0 Å². The molecule has 0 rings (SSSR count). The van der Waals surface area contributed by atoms with Crippen molar-refractivity contribution in [2.24, 2.45) is 0 Å². The van der Waals surface area contributed by atoms with Crippen LogP contribution in [0.1, 0.15) is 34.6 Å². The number of amides is 6. The van der Waals surface area contributed by atoms with Gasteiger partial charge in [-0.3, -0.25) is 28.8 Å². The van der Waals surface area contributed by atoms with Gasteiger partial charge in [0.25, 0.3) is 0 Å². The summed E-state index contributed by atoms with van der Waals surface area (Å²) in [6.07, 6.45) is 0. The van der Waals surface area contributed by atoms with Gasteiger partial charge in [-0.05, 0) is 0 Å². The van der Waals surface area contributed by atoms with Gasteiger partial charge in [-0.1, -0.05) is 0 Å². The van der Waals surface area contributed by atoms with Crippen molar-refractivity contribution in [1.29, 1.82) is 0 Å². The van der Waals surface area contributed by atoms with E-state index in [9.17, 15) is 28.8 Å². The summed E-state index contributed by atoms with van der Waals surface area (Å²) < 4.78 is 0.